The molecule has 35 heavy (non-hydrogen) atoms. The zero-order valence-corrected chi connectivity index (χ0v) is 20.7. The van der Waals surface area contributed by atoms with E-state index in [1.807, 2.05) is 24.5 Å². The Kier molecular flexibility index (Phi) is 6.16. The van der Waals surface area contributed by atoms with Gasteiger partial charge in [0.2, 0.25) is 5.95 Å². The average molecular weight is 489 g/mol. The minimum atomic E-state index is -0.435. The summed E-state index contributed by atoms with van der Waals surface area (Å²) in [4.78, 5) is 21.9. The van der Waals surface area contributed by atoms with Crippen molar-refractivity contribution in [2.75, 3.05) is 25.5 Å². The number of nitrogens with one attached hydrogen (secondary N) is 1. The highest BCUT2D eigenvalue weighted by Crippen LogP contribution is 2.41. The maximum Gasteiger partial charge on any atom is 0.229 e. The lowest BCUT2D eigenvalue weighted by Crippen LogP contribution is -2.29. The second-order valence-corrected chi connectivity index (χ2v) is 10.8. The van der Waals surface area contributed by atoms with Gasteiger partial charge in [-0.1, -0.05) is 18.9 Å². The van der Waals surface area contributed by atoms with Gasteiger partial charge >= 0.3 is 0 Å². The number of fused-ring (bicyclic) bond motifs is 1. The highest BCUT2D eigenvalue weighted by molar-refractivity contribution is 7.21. The van der Waals surface area contributed by atoms with Crippen molar-refractivity contribution in [2.45, 2.75) is 50.4 Å². The fraction of sp³-hybridized carbons (Fsp3) is 0.407. The first kappa shape index (κ1) is 22.5. The van der Waals surface area contributed by atoms with Gasteiger partial charge in [-0.15, -0.1) is 11.3 Å². The molecule has 1 N–H and O–H groups in total. The Bertz CT molecular complexity index is 1320. The van der Waals surface area contributed by atoms with Crippen LogP contribution in [-0.4, -0.2) is 45.0 Å². The minimum absolute atomic E-state index is 0.297. The van der Waals surface area contributed by atoms with E-state index in [4.69, 9.17) is 0 Å². The van der Waals surface area contributed by atoms with Gasteiger partial charge in [0.05, 0.1) is 11.1 Å². The van der Waals surface area contributed by atoms with Crippen LogP contribution >= 0.6 is 11.3 Å². The molecule has 1 aliphatic heterocycles. The highest BCUT2D eigenvalue weighted by atomic mass is 32.1. The van der Waals surface area contributed by atoms with E-state index >= 15 is 0 Å². The van der Waals surface area contributed by atoms with E-state index in [2.05, 4.69) is 49.3 Å². The predicted molar refractivity (Wildman–Crippen MR) is 139 cm³/mol. The Balaban J connectivity index is 1.24. The summed E-state index contributed by atoms with van der Waals surface area (Å²) in [5.41, 5.74) is 2.89. The third kappa shape index (κ3) is 4.65. The fourth-order valence-corrected chi connectivity index (χ4v) is 6.47. The lowest BCUT2D eigenvalue weighted by atomic mass is 9.91. The van der Waals surface area contributed by atoms with Crippen LogP contribution in [0.2, 0.25) is 0 Å². The number of rotatable bonds is 5. The molecule has 1 saturated carbocycles. The third-order valence-electron chi connectivity index (χ3n) is 7.46. The lowest BCUT2D eigenvalue weighted by Gasteiger charge is -2.29. The molecule has 0 atom stereocenters. The molecule has 0 aromatic carbocycles. The number of hydrogen-bond acceptors (Lipinski definition) is 7. The molecule has 5 heterocycles. The zero-order valence-electron chi connectivity index (χ0n) is 19.9. The summed E-state index contributed by atoms with van der Waals surface area (Å²) in [5.74, 6) is 1.68. The van der Waals surface area contributed by atoms with E-state index in [1.54, 1.807) is 0 Å². The Morgan fingerprint density at radius 2 is 1.80 bits per heavy atom. The van der Waals surface area contributed by atoms with E-state index in [0.29, 0.717) is 29.3 Å². The van der Waals surface area contributed by atoms with E-state index < -0.39 is 5.82 Å². The molecule has 6 nitrogen and oxygen atoms in total. The zero-order chi connectivity index (χ0) is 23.8. The van der Waals surface area contributed by atoms with Gasteiger partial charge in [0.25, 0.3) is 0 Å². The number of thiophene rings is 1. The molecule has 0 spiro atoms. The van der Waals surface area contributed by atoms with Crippen LogP contribution in [0.3, 0.4) is 0 Å². The number of anilines is 2. The molecule has 0 unspecified atom stereocenters. The van der Waals surface area contributed by atoms with Crippen LogP contribution in [0.25, 0.3) is 20.8 Å². The molecule has 1 saturated heterocycles. The highest BCUT2D eigenvalue weighted by Gasteiger charge is 2.22. The quantitative estimate of drug-likeness (QED) is 0.346. The van der Waals surface area contributed by atoms with Crippen LogP contribution in [0.1, 0.15) is 61.5 Å². The van der Waals surface area contributed by atoms with Crippen molar-refractivity contribution >= 4 is 33.3 Å². The second-order valence-electron chi connectivity index (χ2n) is 9.78. The van der Waals surface area contributed by atoms with Crippen molar-refractivity contribution < 1.29 is 4.39 Å². The van der Waals surface area contributed by atoms with Crippen LogP contribution in [0.5, 0.6) is 0 Å². The van der Waals surface area contributed by atoms with E-state index in [0.717, 1.165) is 41.0 Å². The molecule has 4 aromatic heterocycles. The molecule has 1 aliphatic carbocycles. The third-order valence-corrected chi connectivity index (χ3v) is 8.51. The van der Waals surface area contributed by atoms with Crippen LogP contribution in [0, 0.1) is 5.82 Å². The van der Waals surface area contributed by atoms with Crippen LogP contribution in [-0.2, 0) is 0 Å². The van der Waals surface area contributed by atoms with Crippen molar-refractivity contribution in [1.82, 2.24) is 24.8 Å². The first-order valence-corrected chi connectivity index (χ1v) is 13.3. The SMILES string of the molecule is CN1CCC(c2ccc(Nc3ncc(F)c(-c4cc5c(C6CCCC6)ccnc5s4)n3)nc2)CC1. The summed E-state index contributed by atoms with van der Waals surface area (Å²) < 4.78 is 14.8. The second kappa shape index (κ2) is 9.59. The average Bonchev–Trinajstić information content (AvgIpc) is 3.56. The van der Waals surface area contributed by atoms with Crippen molar-refractivity contribution in [3.63, 3.8) is 0 Å². The Morgan fingerprint density at radius 1 is 0.971 bits per heavy atom. The lowest BCUT2D eigenvalue weighted by molar-refractivity contribution is 0.255. The molecule has 8 heteroatoms. The Hall–Kier alpha value is -2.97. The fourth-order valence-electron chi connectivity index (χ4n) is 5.45. The van der Waals surface area contributed by atoms with Crippen LogP contribution < -0.4 is 5.32 Å². The molecular formula is C27H29FN6S. The number of pyridine rings is 2. The first-order chi connectivity index (χ1) is 17.1. The predicted octanol–water partition coefficient (Wildman–Crippen LogP) is 6.50. The summed E-state index contributed by atoms with van der Waals surface area (Å²) in [7, 11) is 2.17. The monoisotopic (exact) mass is 488 g/mol. The number of piperidine rings is 1. The largest absolute Gasteiger partial charge is 0.309 e. The summed E-state index contributed by atoms with van der Waals surface area (Å²) in [5, 5.41) is 4.27. The summed E-state index contributed by atoms with van der Waals surface area (Å²) >= 11 is 1.48. The standard InChI is InChI=1S/C27H29FN6S/c1-34-12-9-17(10-13-34)19-6-7-24(30-15-19)32-27-31-16-22(28)25(33-27)23-14-21-20(18-4-2-3-5-18)8-11-29-26(21)35-23/h6-8,11,14-18H,2-5,9-10,12-13H2,1H3,(H,30,31,32,33). The molecule has 0 radical (unpaired) electrons. The van der Waals surface area contributed by atoms with Crippen LogP contribution in [0.15, 0.2) is 42.9 Å². The smallest absolute Gasteiger partial charge is 0.229 e. The number of hydrogen-bond donors (Lipinski definition) is 1. The Labute approximate surface area is 208 Å². The van der Waals surface area contributed by atoms with Gasteiger partial charge in [-0.2, -0.15) is 0 Å². The molecule has 2 fully saturated rings. The van der Waals surface area contributed by atoms with Gasteiger partial charge in [-0.25, -0.2) is 24.3 Å². The molecule has 2 aliphatic rings. The number of nitrogens with zero attached hydrogens (tertiary/aromatic N) is 5. The molecule has 180 valence electrons. The summed E-state index contributed by atoms with van der Waals surface area (Å²) in [6.45, 7) is 2.23. The minimum Gasteiger partial charge on any atom is -0.309 e. The van der Waals surface area contributed by atoms with E-state index in [1.165, 1.54) is 54.3 Å². The normalized spacial score (nSPS) is 17.9. The molecule has 4 aromatic rings. The van der Waals surface area contributed by atoms with E-state index in [-0.39, 0.29) is 0 Å². The van der Waals surface area contributed by atoms with Gasteiger partial charge in [0.15, 0.2) is 5.82 Å². The van der Waals surface area contributed by atoms with Gasteiger partial charge in [0.1, 0.15) is 16.3 Å². The van der Waals surface area contributed by atoms with E-state index in [9.17, 15) is 4.39 Å². The molecule has 0 bridgehead atoms. The molecular weight excluding hydrogens is 459 g/mol. The van der Waals surface area contributed by atoms with Gasteiger partial charge < -0.3 is 10.2 Å². The van der Waals surface area contributed by atoms with Crippen molar-refractivity contribution in [1.29, 1.82) is 0 Å². The maximum atomic E-state index is 14.8. The van der Waals surface area contributed by atoms with Crippen molar-refractivity contribution in [3.8, 4) is 10.6 Å². The number of aromatic nitrogens is 4. The molecule has 6 rings (SSSR count). The molecule has 0 amide bonds. The first-order valence-electron chi connectivity index (χ1n) is 12.5. The van der Waals surface area contributed by atoms with Crippen molar-refractivity contribution in [3.05, 3.63) is 59.8 Å². The van der Waals surface area contributed by atoms with Gasteiger partial charge in [0, 0.05) is 17.8 Å². The van der Waals surface area contributed by atoms with Crippen molar-refractivity contribution in [2.24, 2.45) is 0 Å². The van der Waals surface area contributed by atoms with Gasteiger partial charge in [-0.05, 0) is 87.0 Å². The summed E-state index contributed by atoms with van der Waals surface area (Å²) in [6, 6.07) is 8.25. The number of halogens is 1. The van der Waals surface area contributed by atoms with Gasteiger partial charge in [-0.3, -0.25) is 0 Å². The topological polar surface area (TPSA) is 66.8 Å². The van der Waals surface area contributed by atoms with Crippen LogP contribution in [0.4, 0.5) is 16.2 Å². The maximum absolute atomic E-state index is 14.8. The number of likely N-dealkylation sites (tertiary alicyclic amines) is 1. The summed E-state index contributed by atoms with van der Waals surface area (Å²) in [6.07, 6.45) is 12.3. The Morgan fingerprint density at radius 3 is 2.57 bits per heavy atom.